The Bertz CT molecular complexity index is 245. The molecule has 2 N–H and O–H groups in total. The van der Waals surface area contributed by atoms with Crippen LogP contribution in [0.25, 0.3) is 0 Å². The van der Waals surface area contributed by atoms with Crippen LogP contribution >= 0.6 is 11.8 Å². The van der Waals surface area contributed by atoms with Crippen molar-refractivity contribution in [2.24, 2.45) is 0 Å². The zero-order valence-electron chi connectivity index (χ0n) is 7.36. The van der Waals surface area contributed by atoms with E-state index in [1.165, 1.54) is 25.8 Å². The highest BCUT2D eigenvalue weighted by Crippen LogP contribution is 2.30. The Morgan fingerprint density at radius 2 is 2.31 bits per heavy atom. The van der Waals surface area contributed by atoms with Crippen LogP contribution in [-0.4, -0.2) is 40.8 Å². The number of carboxylic acid groups (broad SMARTS) is 1. The van der Waals surface area contributed by atoms with E-state index in [9.17, 15) is 9.59 Å². The third-order valence-corrected chi connectivity index (χ3v) is 3.25. The van der Waals surface area contributed by atoms with Gasteiger partial charge >= 0.3 is 11.9 Å². The molecule has 0 amide bonds. The fraction of sp³-hybridized carbons (Fsp3) is 0.714. The highest BCUT2D eigenvalue weighted by atomic mass is 32.2. The molecule has 1 saturated heterocycles. The first-order valence-electron chi connectivity index (χ1n) is 3.72. The molecule has 0 saturated carbocycles. The molecular formula is C7H11NO4S. The lowest BCUT2D eigenvalue weighted by Gasteiger charge is -2.18. The number of hydrogen-bond donors (Lipinski definition) is 2. The minimum Gasteiger partial charge on any atom is -0.479 e. The maximum Gasteiger partial charge on any atom is 0.334 e. The Kier molecular flexibility index (Phi) is 2.82. The van der Waals surface area contributed by atoms with Crippen molar-refractivity contribution >= 4 is 23.7 Å². The first-order chi connectivity index (χ1) is 5.99. The SMILES string of the molecule is COC(=O)C1CSC(C)(C(=O)O)N1. The van der Waals surface area contributed by atoms with Crippen molar-refractivity contribution in [3.8, 4) is 0 Å². The molecule has 1 aliphatic rings. The lowest BCUT2D eigenvalue weighted by atomic mass is 10.2. The van der Waals surface area contributed by atoms with E-state index in [0.29, 0.717) is 5.75 Å². The van der Waals surface area contributed by atoms with Crippen molar-refractivity contribution < 1.29 is 19.4 Å². The van der Waals surface area contributed by atoms with Crippen LogP contribution in [0.2, 0.25) is 0 Å². The van der Waals surface area contributed by atoms with E-state index in [2.05, 4.69) is 10.1 Å². The molecule has 0 aromatic rings. The van der Waals surface area contributed by atoms with Gasteiger partial charge in [-0.3, -0.25) is 10.1 Å². The summed E-state index contributed by atoms with van der Waals surface area (Å²) in [7, 11) is 1.28. The van der Waals surface area contributed by atoms with E-state index >= 15 is 0 Å². The minimum atomic E-state index is -1.07. The van der Waals surface area contributed by atoms with Crippen molar-refractivity contribution in [3.63, 3.8) is 0 Å². The number of carbonyl (C=O) groups excluding carboxylic acids is 1. The lowest BCUT2D eigenvalue weighted by molar-refractivity contribution is -0.144. The van der Waals surface area contributed by atoms with Gasteiger partial charge in [0.15, 0.2) is 4.87 Å². The van der Waals surface area contributed by atoms with Gasteiger partial charge < -0.3 is 9.84 Å². The highest BCUT2D eigenvalue weighted by molar-refractivity contribution is 8.01. The number of methoxy groups -OCH3 is 1. The zero-order valence-corrected chi connectivity index (χ0v) is 8.18. The third kappa shape index (κ3) is 1.94. The molecule has 0 bridgehead atoms. The van der Waals surface area contributed by atoms with E-state index in [0.717, 1.165) is 0 Å². The van der Waals surface area contributed by atoms with Crippen molar-refractivity contribution in [2.75, 3.05) is 12.9 Å². The van der Waals surface area contributed by atoms with E-state index in [-0.39, 0.29) is 0 Å². The van der Waals surface area contributed by atoms with Crippen LogP contribution in [0.3, 0.4) is 0 Å². The number of carbonyl (C=O) groups is 2. The van der Waals surface area contributed by atoms with Gasteiger partial charge in [-0.25, -0.2) is 4.79 Å². The molecule has 1 aliphatic heterocycles. The van der Waals surface area contributed by atoms with Crippen LogP contribution in [0.5, 0.6) is 0 Å². The topological polar surface area (TPSA) is 75.6 Å². The van der Waals surface area contributed by atoms with Gasteiger partial charge in [0.2, 0.25) is 0 Å². The van der Waals surface area contributed by atoms with Gasteiger partial charge in [0.25, 0.3) is 0 Å². The molecule has 6 heteroatoms. The number of rotatable bonds is 2. The average Bonchev–Trinajstić information content (AvgIpc) is 2.48. The monoisotopic (exact) mass is 205 g/mol. The quantitative estimate of drug-likeness (QED) is 0.601. The molecule has 13 heavy (non-hydrogen) atoms. The summed E-state index contributed by atoms with van der Waals surface area (Å²) in [6.45, 7) is 1.53. The standard InChI is InChI=1S/C7H11NO4S/c1-7(6(10)11)8-4(3-13-7)5(9)12-2/h4,8H,3H2,1-2H3,(H,10,11). The van der Waals surface area contributed by atoms with Gasteiger partial charge in [-0.1, -0.05) is 0 Å². The van der Waals surface area contributed by atoms with Crippen molar-refractivity contribution in [3.05, 3.63) is 0 Å². The number of esters is 1. The third-order valence-electron chi connectivity index (χ3n) is 1.88. The number of aliphatic carboxylic acids is 1. The molecule has 5 nitrogen and oxygen atoms in total. The predicted octanol–water partition coefficient (Wildman–Crippen LogP) is -0.335. The number of ether oxygens (including phenoxy) is 1. The minimum absolute atomic E-state index is 0.419. The first kappa shape index (κ1) is 10.3. The molecule has 0 radical (unpaired) electrons. The summed E-state index contributed by atoms with van der Waals surface area (Å²) in [5.74, 6) is -0.962. The van der Waals surface area contributed by atoms with Crippen LogP contribution < -0.4 is 5.32 Å². The summed E-state index contributed by atoms with van der Waals surface area (Å²) >= 11 is 1.19. The first-order valence-corrected chi connectivity index (χ1v) is 4.71. The summed E-state index contributed by atoms with van der Waals surface area (Å²) in [6, 6.07) is -0.518. The maximum atomic E-state index is 11.0. The van der Waals surface area contributed by atoms with Gasteiger partial charge in [0.1, 0.15) is 6.04 Å². The van der Waals surface area contributed by atoms with E-state index < -0.39 is 22.9 Å². The molecule has 2 unspecified atom stereocenters. The van der Waals surface area contributed by atoms with Gasteiger partial charge in [-0.05, 0) is 6.92 Å². The van der Waals surface area contributed by atoms with Crippen LogP contribution in [0.15, 0.2) is 0 Å². The number of carboxylic acids is 1. The Hall–Kier alpha value is -0.750. The summed E-state index contributed by atoms with van der Waals surface area (Å²) in [5.41, 5.74) is 0. The van der Waals surface area contributed by atoms with E-state index in [1.807, 2.05) is 0 Å². The van der Waals surface area contributed by atoms with Gasteiger partial charge in [-0.2, -0.15) is 0 Å². The molecule has 74 valence electrons. The number of nitrogens with one attached hydrogen (secondary N) is 1. The van der Waals surface area contributed by atoms with Gasteiger partial charge in [-0.15, -0.1) is 11.8 Å². The smallest absolute Gasteiger partial charge is 0.334 e. The molecule has 2 atom stereocenters. The van der Waals surface area contributed by atoms with Crippen LogP contribution in [-0.2, 0) is 14.3 Å². The summed E-state index contributed by atoms with van der Waals surface area (Å²) in [4.78, 5) is 20.7. The Balaban J connectivity index is 2.63. The average molecular weight is 205 g/mol. The Labute approximate surface area is 79.8 Å². The molecule has 1 heterocycles. The van der Waals surface area contributed by atoms with Gasteiger partial charge in [0.05, 0.1) is 7.11 Å². The fourth-order valence-corrected chi connectivity index (χ4v) is 2.13. The normalized spacial score (nSPS) is 32.9. The second-order valence-electron chi connectivity index (χ2n) is 2.87. The van der Waals surface area contributed by atoms with Crippen molar-refractivity contribution in [1.29, 1.82) is 0 Å². The van der Waals surface area contributed by atoms with E-state index in [4.69, 9.17) is 5.11 Å². The van der Waals surface area contributed by atoms with Gasteiger partial charge in [0, 0.05) is 5.75 Å². The Morgan fingerprint density at radius 3 is 2.69 bits per heavy atom. The Morgan fingerprint density at radius 1 is 1.69 bits per heavy atom. The van der Waals surface area contributed by atoms with Crippen LogP contribution in [0.4, 0.5) is 0 Å². The van der Waals surface area contributed by atoms with Crippen LogP contribution in [0.1, 0.15) is 6.92 Å². The van der Waals surface area contributed by atoms with Crippen molar-refractivity contribution in [1.82, 2.24) is 5.32 Å². The summed E-state index contributed by atoms with van der Waals surface area (Å²) in [5, 5.41) is 11.5. The number of thioether (sulfide) groups is 1. The molecule has 0 aromatic carbocycles. The van der Waals surface area contributed by atoms with Crippen LogP contribution in [0, 0.1) is 0 Å². The highest BCUT2D eigenvalue weighted by Gasteiger charge is 2.44. The molecule has 0 aromatic heterocycles. The lowest BCUT2D eigenvalue weighted by Crippen LogP contribution is -2.48. The molecule has 1 fully saturated rings. The summed E-state index contributed by atoms with van der Waals surface area (Å²) < 4.78 is 4.50. The molecule has 1 rings (SSSR count). The second-order valence-corrected chi connectivity index (χ2v) is 4.31. The molecular weight excluding hydrogens is 194 g/mol. The van der Waals surface area contributed by atoms with Crippen molar-refractivity contribution in [2.45, 2.75) is 17.8 Å². The number of hydrogen-bond acceptors (Lipinski definition) is 5. The predicted molar refractivity (Wildman–Crippen MR) is 47.4 cm³/mol. The largest absolute Gasteiger partial charge is 0.479 e. The molecule has 0 aliphatic carbocycles. The fourth-order valence-electron chi connectivity index (χ4n) is 1.06. The zero-order chi connectivity index (χ0) is 10.1. The maximum absolute atomic E-state index is 11.0. The van der Waals surface area contributed by atoms with E-state index in [1.54, 1.807) is 0 Å². The molecule has 0 spiro atoms. The summed E-state index contributed by atoms with van der Waals surface area (Å²) in [6.07, 6.45) is 0. The second kappa shape index (κ2) is 3.55.